The molecular weight excluding hydrogens is 248 g/mol. The van der Waals surface area contributed by atoms with E-state index in [0.29, 0.717) is 19.6 Å². The SMILES string of the molecule is O=C(O)CC1CCCN1C(=O)N1CC2CCC(C1)O2. The van der Waals surface area contributed by atoms with Gasteiger partial charge in [-0.15, -0.1) is 0 Å². The molecule has 106 valence electrons. The summed E-state index contributed by atoms with van der Waals surface area (Å²) in [7, 11) is 0. The number of carbonyl (C=O) groups is 2. The van der Waals surface area contributed by atoms with E-state index in [-0.39, 0.29) is 30.7 Å². The number of hydrogen-bond acceptors (Lipinski definition) is 3. The first-order valence-electron chi connectivity index (χ1n) is 7.06. The topological polar surface area (TPSA) is 70.1 Å². The van der Waals surface area contributed by atoms with Crippen LogP contribution in [-0.2, 0) is 9.53 Å². The Morgan fingerprint density at radius 1 is 1.16 bits per heavy atom. The molecule has 0 aliphatic carbocycles. The Morgan fingerprint density at radius 2 is 1.84 bits per heavy atom. The highest BCUT2D eigenvalue weighted by Crippen LogP contribution is 2.29. The largest absolute Gasteiger partial charge is 0.481 e. The lowest BCUT2D eigenvalue weighted by atomic mass is 10.1. The average Bonchev–Trinajstić information content (AvgIpc) is 2.94. The number of urea groups is 1. The number of aliphatic carboxylic acids is 1. The molecule has 3 aliphatic heterocycles. The summed E-state index contributed by atoms with van der Waals surface area (Å²) < 4.78 is 5.73. The van der Waals surface area contributed by atoms with Crippen LogP contribution in [0.1, 0.15) is 32.1 Å². The van der Waals surface area contributed by atoms with Gasteiger partial charge in [0, 0.05) is 25.7 Å². The van der Waals surface area contributed by atoms with Crippen molar-refractivity contribution in [2.45, 2.75) is 50.4 Å². The molecule has 6 nitrogen and oxygen atoms in total. The fourth-order valence-electron chi connectivity index (χ4n) is 3.45. The van der Waals surface area contributed by atoms with Crippen LogP contribution in [0.3, 0.4) is 0 Å². The Labute approximate surface area is 112 Å². The van der Waals surface area contributed by atoms with Crippen LogP contribution in [0.15, 0.2) is 0 Å². The molecule has 3 heterocycles. The number of rotatable bonds is 2. The second kappa shape index (κ2) is 5.00. The van der Waals surface area contributed by atoms with E-state index in [9.17, 15) is 9.59 Å². The molecule has 3 rings (SSSR count). The normalized spacial score (nSPS) is 33.8. The van der Waals surface area contributed by atoms with Gasteiger partial charge in [-0.1, -0.05) is 0 Å². The Morgan fingerprint density at radius 3 is 2.47 bits per heavy atom. The van der Waals surface area contributed by atoms with Gasteiger partial charge in [0.25, 0.3) is 0 Å². The number of hydrogen-bond donors (Lipinski definition) is 1. The lowest BCUT2D eigenvalue weighted by Crippen LogP contribution is -2.52. The third-order valence-corrected chi connectivity index (χ3v) is 4.35. The molecule has 3 aliphatic rings. The van der Waals surface area contributed by atoms with Crippen molar-refractivity contribution in [2.75, 3.05) is 19.6 Å². The van der Waals surface area contributed by atoms with Crippen LogP contribution in [0.2, 0.25) is 0 Å². The van der Waals surface area contributed by atoms with Gasteiger partial charge in [0.15, 0.2) is 0 Å². The maximum absolute atomic E-state index is 12.5. The molecule has 6 heteroatoms. The molecule has 0 saturated carbocycles. The van der Waals surface area contributed by atoms with Crippen molar-refractivity contribution in [3.8, 4) is 0 Å². The zero-order valence-electron chi connectivity index (χ0n) is 11.0. The van der Waals surface area contributed by atoms with E-state index >= 15 is 0 Å². The first-order valence-corrected chi connectivity index (χ1v) is 7.06. The molecule has 1 N–H and O–H groups in total. The van der Waals surface area contributed by atoms with Crippen molar-refractivity contribution >= 4 is 12.0 Å². The maximum Gasteiger partial charge on any atom is 0.320 e. The van der Waals surface area contributed by atoms with Crippen LogP contribution in [0.4, 0.5) is 4.79 Å². The molecule has 3 unspecified atom stereocenters. The minimum absolute atomic E-state index is 0.00366. The fourth-order valence-corrected chi connectivity index (χ4v) is 3.45. The van der Waals surface area contributed by atoms with Gasteiger partial charge >= 0.3 is 12.0 Å². The highest BCUT2D eigenvalue weighted by atomic mass is 16.5. The fraction of sp³-hybridized carbons (Fsp3) is 0.846. The zero-order valence-corrected chi connectivity index (χ0v) is 11.0. The van der Waals surface area contributed by atoms with Gasteiger partial charge in [-0.3, -0.25) is 4.79 Å². The molecule has 0 aromatic rings. The molecule has 2 bridgehead atoms. The van der Waals surface area contributed by atoms with Gasteiger partial charge in [0.05, 0.1) is 18.6 Å². The van der Waals surface area contributed by atoms with Crippen LogP contribution in [0.25, 0.3) is 0 Å². The number of carboxylic acid groups (broad SMARTS) is 1. The molecule has 2 amide bonds. The Hall–Kier alpha value is -1.30. The third kappa shape index (κ3) is 2.54. The first-order chi connectivity index (χ1) is 9.13. The quantitative estimate of drug-likeness (QED) is 0.808. The van der Waals surface area contributed by atoms with E-state index in [2.05, 4.69) is 0 Å². The number of amides is 2. The molecule has 3 atom stereocenters. The highest BCUT2D eigenvalue weighted by molar-refractivity contribution is 5.76. The summed E-state index contributed by atoms with van der Waals surface area (Å²) in [6, 6.07) is -0.130. The number of ether oxygens (including phenoxy) is 1. The molecule has 0 aromatic heterocycles. The van der Waals surface area contributed by atoms with E-state index in [1.807, 2.05) is 4.90 Å². The molecule has 0 spiro atoms. The lowest BCUT2D eigenvalue weighted by Gasteiger charge is -2.36. The average molecular weight is 268 g/mol. The summed E-state index contributed by atoms with van der Waals surface area (Å²) in [5.74, 6) is -0.827. The smallest absolute Gasteiger partial charge is 0.320 e. The van der Waals surface area contributed by atoms with Crippen molar-refractivity contribution in [1.82, 2.24) is 9.80 Å². The predicted octanol–water partition coefficient (Wildman–Crippen LogP) is 0.909. The summed E-state index contributed by atoms with van der Waals surface area (Å²) in [5.41, 5.74) is 0. The molecule has 0 aromatic carbocycles. The standard InChI is InChI=1S/C13H20N2O4/c16-12(17)6-9-2-1-5-15(9)13(18)14-7-10-3-4-11(8-14)19-10/h9-11H,1-8H2,(H,16,17). The minimum atomic E-state index is -0.827. The van der Waals surface area contributed by atoms with Crippen molar-refractivity contribution in [3.05, 3.63) is 0 Å². The monoisotopic (exact) mass is 268 g/mol. The summed E-state index contributed by atoms with van der Waals surface area (Å²) in [6.07, 6.45) is 4.20. The van der Waals surface area contributed by atoms with Crippen molar-refractivity contribution in [3.63, 3.8) is 0 Å². The molecular formula is C13H20N2O4. The van der Waals surface area contributed by atoms with Crippen LogP contribution >= 0.6 is 0 Å². The summed E-state index contributed by atoms with van der Waals surface area (Å²) in [4.78, 5) is 27.0. The number of carbonyl (C=O) groups excluding carboxylic acids is 1. The first kappa shape index (κ1) is 12.7. The third-order valence-electron chi connectivity index (χ3n) is 4.35. The van der Waals surface area contributed by atoms with E-state index in [1.165, 1.54) is 0 Å². The number of likely N-dealkylation sites (tertiary alicyclic amines) is 2. The minimum Gasteiger partial charge on any atom is -0.481 e. The van der Waals surface area contributed by atoms with E-state index in [0.717, 1.165) is 25.7 Å². The number of fused-ring (bicyclic) bond motifs is 2. The van der Waals surface area contributed by atoms with Crippen LogP contribution in [-0.4, -0.2) is 64.8 Å². The Balaban J connectivity index is 1.64. The molecule has 0 radical (unpaired) electrons. The zero-order chi connectivity index (χ0) is 13.4. The second-order valence-corrected chi connectivity index (χ2v) is 5.73. The maximum atomic E-state index is 12.5. The summed E-state index contributed by atoms with van der Waals surface area (Å²) >= 11 is 0. The van der Waals surface area contributed by atoms with Crippen LogP contribution in [0, 0.1) is 0 Å². The predicted molar refractivity (Wildman–Crippen MR) is 66.8 cm³/mol. The molecule has 19 heavy (non-hydrogen) atoms. The van der Waals surface area contributed by atoms with E-state index in [4.69, 9.17) is 9.84 Å². The van der Waals surface area contributed by atoms with Crippen LogP contribution in [0.5, 0.6) is 0 Å². The number of morpholine rings is 1. The van der Waals surface area contributed by atoms with Gasteiger partial charge in [-0.05, 0) is 25.7 Å². The summed E-state index contributed by atoms with van der Waals surface area (Å²) in [5, 5.41) is 8.91. The lowest BCUT2D eigenvalue weighted by molar-refractivity contribution is -0.138. The Bertz CT molecular complexity index is 375. The van der Waals surface area contributed by atoms with Crippen LogP contribution < -0.4 is 0 Å². The van der Waals surface area contributed by atoms with Gasteiger partial charge in [0.1, 0.15) is 0 Å². The van der Waals surface area contributed by atoms with E-state index in [1.54, 1.807) is 4.90 Å². The highest BCUT2D eigenvalue weighted by Gasteiger charge is 2.39. The van der Waals surface area contributed by atoms with Crippen molar-refractivity contribution < 1.29 is 19.4 Å². The van der Waals surface area contributed by atoms with Crippen molar-refractivity contribution in [1.29, 1.82) is 0 Å². The van der Waals surface area contributed by atoms with Gasteiger partial charge in [0.2, 0.25) is 0 Å². The van der Waals surface area contributed by atoms with Gasteiger partial charge in [-0.2, -0.15) is 0 Å². The molecule has 3 saturated heterocycles. The van der Waals surface area contributed by atoms with Crippen molar-refractivity contribution in [2.24, 2.45) is 0 Å². The Kier molecular flexibility index (Phi) is 3.35. The second-order valence-electron chi connectivity index (χ2n) is 5.73. The van der Waals surface area contributed by atoms with E-state index < -0.39 is 5.97 Å². The number of nitrogens with zero attached hydrogens (tertiary/aromatic N) is 2. The molecule has 3 fully saturated rings. The van der Waals surface area contributed by atoms with Gasteiger partial charge < -0.3 is 19.6 Å². The number of carboxylic acids is 1. The summed E-state index contributed by atoms with van der Waals surface area (Å²) in [6.45, 7) is 2.00. The van der Waals surface area contributed by atoms with Gasteiger partial charge in [-0.25, -0.2) is 4.79 Å².